The van der Waals surface area contributed by atoms with E-state index in [-0.39, 0.29) is 27.5 Å². The number of nitrogens with one attached hydrogen (secondary N) is 2. The molecule has 2 N–H and O–H groups in total. The van der Waals surface area contributed by atoms with Gasteiger partial charge in [-0.3, -0.25) is 9.48 Å². The Morgan fingerprint density at radius 1 is 1.06 bits per heavy atom. The number of halogens is 9. The van der Waals surface area contributed by atoms with Crippen molar-refractivity contribution in [2.75, 3.05) is 5.32 Å². The number of ether oxygens (including phenoxy) is 1. The van der Waals surface area contributed by atoms with Crippen LogP contribution in [-0.2, 0) is 30.4 Å². The molecule has 0 saturated carbocycles. The van der Waals surface area contributed by atoms with Gasteiger partial charge in [0, 0.05) is 24.3 Å². The maximum atomic E-state index is 13.8. The SMILES string of the molecule is Cn1nc(C(F)(F)C(F)(F)F)c(C(F)(F)F)c1C(=O)Nc1ccc(Cl)c(CNC(=O)OC(C)(C)C)c1. The zero-order valence-electron chi connectivity index (χ0n) is 19.0. The third-order valence-electron chi connectivity index (χ3n) is 4.32. The lowest BCUT2D eigenvalue weighted by Gasteiger charge is -2.20. The van der Waals surface area contributed by atoms with Crippen LogP contribution in [0.2, 0.25) is 5.02 Å². The molecule has 200 valence electrons. The first-order chi connectivity index (χ1) is 16.1. The molecular weight excluding hydrogens is 532 g/mol. The lowest BCUT2D eigenvalue weighted by molar-refractivity contribution is -0.292. The summed E-state index contributed by atoms with van der Waals surface area (Å²) in [5.41, 5.74) is -7.62. The van der Waals surface area contributed by atoms with E-state index in [1.54, 1.807) is 20.8 Å². The molecular formula is C20H19ClF8N4O3. The van der Waals surface area contributed by atoms with E-state index in [0.29, 0.717) is 7.05 Å². The summed E-state index contributed by atoms with van der Waals surface area (Å²) in [5.74, 6) is -7.66. The van der Waals surface area contributed by atoms with Crippen molar-refractivity contribution in [2.24, 2.45) is 7.05 Å². The molecule has 2 rings (SSSR count). The molecule has 0 radical (unpaired) electrons. The minimum Gasteiger partial charge on any atom is -0.444 e. The van der Waals surface area contributed by atoms with E-state index >= 15 is 0 Å². The van der Waals surface area contributed by atoms with Gasteiger partial charge < -0.3 is 15.4 Å². The van der Waals surface area contributed by atoms with E-state index in [9.17, 15) is 44.7 Å². The van der Waals surface area contributed by atoms with Crippen LogP contribution in [-0.4, -0.2) is 33.6 Å². The molecule has 1 aromatic heterocycles. The van der Waals surface area contributed by atoms with Crippen molar-refractivity contribution in [1.82, 2.24) is 15.1 Å². The second kappa shape index (κ2) is 9.75. The van der Waals surface area contributed by atoms with Crippen molar-refractivity contribution < 1.29 is 49.4 Å². The van der Waals surface area contributed by atoms with Gasteiger partial charge in [0.1, 0.15) is 16.9 Å². The van der Waals surface area contributed by atoms with E-state index in [0.717, 1.165) is 12.1 Å². The highest BCUT2D eigenvalue weighted by atomic mass is 35.5. The van der Waals surface area contributed by atoms with Crippen LogP contribution in [0, 0.1) is 0 Å². The van der Waals surface area contributed by atoms with Crippen LogP contribution < -0.4 is 10.6 Å². The number of alkyl halides is 8. The van der Waals surface area contributed by atoms with E-state index in [2.05, 4.69) is 10.4 Å². The second-order valence-corrected chi connectivity index (χ2v) is 8.79. The maximum absolute atomic E-state index is 13.8. The van der Waals surface area contributed by atoms with Crippen molar-refractivity contribution in [3.8, 4) is 0 Å². The normalized spacial score (nSPS) is 12.9. The van der Waals surface area contributed by atoms with Gasteiger partial charge in [0.2, 0.25) is 0 Å². The lowest BCUT2D eigenvalue weighted by atomic mass is 10.1. The summed E-state index contributed by atoms with van der Waals surface area (Å²) in [6.07, 6.45) is -13.0. The fraction of sp³-hybridized carbons (Fsp3) is 0.450. The zero-order chi connectivity index (χ0) is 27.9. The molecule has 0 aliphatic heterocycles. The van der Waals surface area contributed by atoms with Crippen LogP contribution in [0.5, 0.6) is 0 Å². The first-order valence-corrected chi connectivity index (χ1v) is 10.2. The van der Waals surface area contributed by atoms with E-state index in [4.69, 9.17) is 16.3 Å². The van der Waals surface area contributed by atoms with Crippen LogP contribution in [0.15, 0.2) is 18.2 Å². The van der Waals surface area contributed by atoms with Crippen LogP contribution >= 0.6 is 11.6 Å². The molecule has 2 amide bonds. The van der Waals surface area contributed by atoms with Gasteiger partial charge in [-0.05, 0) is 44.5 Å². The number of nitrogens with zero attached hydrogens (tertiary/aromatic N) is 2. The summed E-state index contributed by atoms with van der Waals surface area (Å²) in [7, 11) is 0.609. The Bertz CT molecular complexity index is 1150. The van der Waals surface area contributed by atoms with Gasteiger partial charge in [-0.25, -0.2) is 4.79 Å². The molecule has 2 aromatic rings. The molecule has 0 spiro atoms. The largest absolute Gasteiger partial charge is 0.459 e. The predicted molar refractivity (Wildman–Crippen MR) is 111 cm³/mol. The van der Waals surface area contributed by atoms with Gasteiger partial charge in [-0.1, -0.05) is 11.6 Å². The Balaban J connectivity index is 2.40. The van der Waals surface area contributed by atoms with Crippen LogP contribution in [0.3, 0.4) is 0 Å². The predicted octanol–water partition coefficient (Wildman–Crippen LogP) is 6.02. The Morgan fingerprint density at radius 2 is 1.64 bits per heavy atom. The van der Waals surface area contributed by atoms with Crippen molar-refractivity contribution in [1.29, 1.82) is 0 Å². The van der Waals surface area contributed by atoms with Gasteiger partial charge in [-0.15, -0.1) is 0 Å². The van der Waals surface area contributed by atoms with Crippen LogP contribution in [0.4, 0.5) is 45.6 Å². The van der Waals surface area contributed by atoms with Gasteiger partial charge in [-0.2, -0.15) is 40.2 Å². The van der Waals surface area contributed by atoms with E-state index in [1.165, 1.54) is 6.07 Å². The first kappa shape index (κ1) is 29.1. The van der Waals surface area contributed by atoms with E-state index < -0.39 is 52.8 Å². The molecule has 0 bridgehead atoms. The summed E-state index contributed by atoms with van der Waals surface area (Å²) in [5, 5.41) is 7.10. The molecule has 1 heterocycles. The number of alkyl carbamates (subject to hydrolysis) is 1. The van der Waals surface area contributed by atoms with Crippen LogP contribution in [0.1, 0.15) is 48.1 Å². The Morgan fingerprint density at radius 3 is 2.14 bits per heavy atom. The number of anilines is 1. The highest BCUT2D eigenvalue weighted by molar-refractivity contribution is 6.31. The Kier molecular flexibility index (Phi) is 7.89. The number of rotatable bonds is 5. The summed E-state index contributed by atoms with van der Waals surface area (Å²) in [6, 6.07) is 3.49. The van der Waals surface area contributed by atoms with Crippen molar-refractivity contribution in [2.45, 2.75) is 51.2 Å². The Labute approximate surface area is 203 Å². The monoisotopic (exact) mass is 550 g/mol. The van der Waals surface area contributed by atoms with Gasteiger partial charge in [0.25, 0.3) is 5.91 Å². The third kappa shape index (κ3) is 6.56. The average molecular weight is 551 g/mol. The smallest absolute Gasteiger partial charge is 0.444 e. The lowest BCUT2D eigenvalue weighted by Crippen LogP contribution is -2.36. The number of carbonyl (C=O) groups excluding carboxylic acids is 2. The molecule has 0 saturated heterocycles. The summed E-state index contributed by atoms with van der Waals surface area (Å²) in [6.45, 7) is 4.59. The molecule has 0 aliphatic rings. The second-order valence-electron chi connectivity index (χ2n) is 8.38. The van der Waals surface area contributed by atoms with Crippen molar-refractivity contribution in [3.05, 3.63) is 45.7 Å². The van der Waals surface area contributed by atoms with Gasteiger partial charge in [0.15, 0.2) is 5.69 Å². The van der Waals surface area contributed by atoms with Crippen molar-refractivity contribution in [3.63, 3.8) is 0 Å². The average Bonchev–Trinajstić information content (AvgIpc) is 3.04. The minimum atomic E-state index is -6.40. The number of amides is 2. The third-order valence-corrected chi connectivity index (χ3v) is 4.69. The summed E-state index contributed by atoms with van der Waals surface area (Å²) < 4.78 is 112. The summed E-state index contributed by atoms with van der Waals surface area (Å²) in [4.78, 5) is 24.4. The Hall–Kier alpha value is -3.10. The molecule has 0 aliphatic carbocycles. The molecule has 0 unspecified atom stereocenters. The number of aromatic nitrogens is 2. The standard InChI is InChI=1S/C20H19ClF8N4O3/c1-17(2,3)36-16(35)30-8-9-7-10(5-6-11(9)21)31-15(34)13-12(19(24,25)26)14(32-33(13)4)18(22,23)20(27,28)29/h5-7H,8H2,1-4H3,(H,30,35)(H,31,34). The highest BCUT2D eigenvalue weighted by Gasteiger charge is 2.64. The van der Waals surface area contributed by atoms with Crippen LogP contribution in [0.25, 0.3) is 0 Å². The number of hydrogen-bond donors (Lipinski definition) is 2. The fourth-order valence-electron chi connectivity index (χ4n) is 2.87. The fourth-order valence-corrected chi connectivity index (χ4v) is 3.05. The number of benzene rings is 1. The molecule has 1 aromatic carbocycles. The number of aryl methyl sites for hydroxylation is 1. The molecule has 16 heteroatoms. The zero-order valence-corrected chi connectivity index (χ0v) is 19.7. The molecule has 7 nitrogen and oxygen atoms in total. The minimum absolute atomic E-state index is 0.0198. The number of carbonyl (C=O) groups is 2. The maximum Gasteiger partial charge on any atom is 0.459 e. The highest BCUT2D eigenvalue weighted by Crippen LogP contribution is 2.48. The van der Waals surface area contributed by atoms with Gasteiger partial charge in [0.05, 0.1) is 0 Å². The quantitative estimate of drug-likeness (QED) is 0.446. The molecule has 0 fully saturated rings. The number of hydrogen-bond acceptors (Lipinski definition) is 4. The molecule has 0 atom stereocenters. The topological polar surface area (TPSA) is 85.3 Å². The van der Waals surface area contributed by atoms with Gasteiger partial charge >= 0.3 is 24.4 Å². The molecule has 36 heavy (non-hydrogen) atoms. The van der Waals surface area contributed by atoms with Crippen molar-refractivity contribution >= 4 is 29.3 Å². The van der Waals surface area contributed by atoms with E-state index in [1.807, 2.05) is 5.32 Å². The first-order valence-electron chi connectivity index (χ1n) is 9.81. The summed E-state index contributed by atoms with van der Waals surface area (Å²) >= 11 is 6.02.